The molecule has 0 unspecified atom stereocenters. The van der Waals surface area contributed by atoms with Gasteiger partial charge in [0.1, 0.15) is 11.9 Å². The minimum atomic E-state index is -0.777. The topological polar surface area (TPSA) is 102 Å². The highest BCUT2D eigenvalue weighted by atomic mass is 127. The van der Waals surface area contributed by atoms with Crippen molar-refractivity contribution in [1.82, 2.24) is 0 Å². The first-order valence-electron chi connectivity index (χ1n) is 9.54. The molecule has 0 spiro atoms. The van der Waals surface area contributed by atoms with Crippen LogP contribution in [0.2, 0.25) is 0 Å². The number of halogens is 1. The highest BCUT2D eigenvalue weighted by Gasteiger charge is 2.27. The van der Waals surface area contributed by atoms with E-state index in [1.807, 2.05) is 6.92 Å². The summed E-state index contributed by atoms with van der Waals surface area (Å²) in [6.07, 6.45) is -1.07. The second-order valence-corrected chi connectivity index (χ2v) is 8.49. The molecule has 0 fully saturated rings. The Balaban J connectivity index is 2.15. The van der Waals surface area contributed by atoms with Gasteiger partial charge in [-0.2, -0.15) is 12.6 Å². The van der Waals surface area contributed by atoms with E-state index in [1.54, 1.807) is 42.5 Å². The molecule has 2 rings (SSSR count). The van der Waals surface area contributed by atoms with Gasteiger partial charge >= 0.3 is 12.1 Å². The molecular weight excluding hydrogens is 533 g/mol. The number of nitrogens with one attached hydrogen (secondary N) is 1. The number of esters is 1. The van der Waals surface area contributed by atoms with E-state index in [1.165, 1.54) is 6.92 Å². The second kappa shape index (κ2) is 11.9. The molecule has 0 aliphatic carbocycles. The zero-order chi connectivity index (χ0) is 23.0. The van der Waals surface area contributed by atoms with Crippen molar-refractivity contribution in [3.63, 3.8) is 0 Å². The van der Waals surface area contributed by atoms with Crippen molar-refractivity contribution in [2.24, 2.45) is 5.92 Å². The zero-order valence-electron chi connectivity index (χ0n) is 17.1. The van der Waals surface area contributed by atoms with E-state index in [0.29, 0.717) is 23.2 Å². The Labute approximate surface area is 200 Å². The number of ether oxygens (including phenoxy) is 2. The Hall–Kier alpha value is -2.27. The first-order valence-corrected chi connectivity index (χ1v) is 11.3. The van der Waals surface area contributed by atoms with Crippen molar-refractivity contribution in [3.8, 4) is 5.75 Å². The van der Waals surface area contributed by atoms with Crippen molar-refractivity contribution >= 4 is 58.8 Å². The average molecular weight is 557 g/mol. The predicted molar refractivity (Wildman–Crippen MR) is 129 cm³/mol. The summed E-state index contributed by atoms with van der Waals surface area (Å²) in [5.74, 6) is -0.782. The molecule has 7 nitrogen and oxygen atoms in total. The molecule has 31 heavy (non-hydrogen) atoms. The van der Waals surface area contributed by atoms with E-state index < -0.39 is 18.2 Å². The Morgan fingerprint density at radius 3 is 2.45 bits per heavy atom. The number of amides is 1. The highest BCUT2D eigenvalue weighted by molar-refractivity contribution is 14.1. The predicted octanol–water partition coefficient (Wildman–Crippen LogP) is 4.99. The van der Waals surface area contributed by atoms with Gasteiger partial charge in [-0.1, -0.05) is 6.92 Å². The van der Waals surface area contributed by atoms with Crippen LogP contribution in [0.4, 0.5) is 10.5 Å². The third kappa shape index (κ3) is 7.73. The van der Waals surface area contributed by atoms with Crippen LogP contribution in [0.5, 0.6) is 5.75 Å². The Kier molecular flexibility index (Phi) is 9.63. The van der Waals surface area contributed by atoms with E-state index in [-0.39, 0.29) is 29.8 Å². The van der Waals surface area contributed by atoms with E-state index in [0.717, 1.165) is 3.57 Å². The van der Waals surface area contributed by atoms with Crippen molar-refractivity contribution in [3.05, 3.63) is 57.2 Å². The molecule has 2 N–H and O–H groups in total. The maximum Gasteiger partial charge on any atom is 0.412 e. The lowest BCUT2D eigenvalue weighted by atomic mass is 9.94. The average Bonchev–Trinajstić information content (AvgIpc) is 2.74. The maximum atomic E-state index is 12.6. The van der Waals surface area contributed by atoms with Gasteiger partial charge in [0.05, 0.1) is 12.4 Å². The monoisotopic (exact) mass is 557 g/mol. The van der Waals surface area contributed by atoms with Crippen LogP contribution in [0.1, 0.15) is 42.3 Å². The second-order valence-electron chi connectivity index (χ2n) is 6.93. The molecule has 0 bridgehead atoms. The minimum absolute atomic E-state index is 0.00299. The van der Waals surface area contributed by atoms with Crippen molar-refractivity contribution < 1.29 is 29.0 Å². The SMILES string of the molecule is CC(=O)c1ccc(NC(=O)O[C@H](c2cc(I)ccc2O)[C@H](C)CCOC(=O)CS)cc1. The smallest absolute Gasteiger partial charge is 0.412 e. The van der Waals surface area contributed by atoms with Crippen LogP contribution in [0.15, 0.2) is 42.5 Å². The van der Waals surface area contributed by atoms with Crippen LogP contribution in [0, 0.1) is 9.49 Å². The molecule has 2 atom stereocenters. The number of aromatic hydroxyl groups is 1. The molecule has 2 aromatic rings. The summed E-state index contributed by atoms with van der Waals surface area (Å²) in [5, 5.41) is 13.0. The molecule has 0 radical (unpaired) electrons. The highest BCUT2D eigenvalue weighted by Crippen LogP contribution is 2.35. The van der Waals surface area contributed by atoms with E-state index in [4.69, 9.17) is 9.47 Å². The normalized spacial score (nSPS) is 12.5. The van der Waals surface area contributed by atoms with Crippen molar-refractivity contribution in [2.75, 3.05) is 17.7 Å². The fourth-order valence-corrected chi connectivity index (χ4v) is 3.45. The summed E-state index contributed by atoms with van der Waals surface area (Å²) in [7, 11) is 0. The summed E-state index contributed by atoms with van der Waals surface area (Å²) in [6, 6.07) is 11.5. The molecular formula is C22H24INO6S. The van der Waals surface area contributed by atoms with Crippen LogP contribution in [-0.4, -0.2) is 35.3 Å². The number of hydrogen-bond acceptors (Lipinski definition) is 7. The summed E-state index contributed by atoms with van der Waals surface area (Å²) < 4.78 is 11.6. The van der Waals surface area contributed by atoms with E-state index in [2.05, 4.69) is 40.5 Å². The summed E-state index contributed by atoms with van der Waals surface area (Å²) >= 11 is 5.98. The number of ketones is 1. The van der Waals surface area contributed by atoms with Crippen LogP contribution < -0.4 is 5.32 Å². The molecule has 0 heterocycles. The number of rotatable bonds is 9. The lowest BCUT2D eigenvalue weighted by Crippen LogP contribution is -2.23. The third-order valence-corrected chi connectivity index (χ3v) is 5.48. The number of thiol groups is 1. The Morgan fingerprint density at radius 1 is 1.16 bits per heavy atom. The summed E-state index contributed by atoms with van der Waals surface area (Å²) in [4.78, 5) is 35.3. The fraction of sp³-hybridized carbons (Fsp3) is 0.318. The number of phenolic OH excluding ortho intramolecular Hbond substituents is 1. The van der Waals surface area contributed by atoms with Gasteiger partial charge in [0, 0.05) is 26.3 Å². The lowest BCUT2D eigenvalue weighted by molar-refractivity contribution is -0.141. The molecule has 2 aromatic carbocycles. The molecule has 0 saturated carbocycles. The van der Waals surface area contributed by atoms with Gasteiger partial charge in [0.25, 0.3) is 0 Å². The van der Waals surface area contributed by atoms with Gasteiger partial charge < -0.3 is 14.6 Å². The number of carbonyl (C=O) groups excluding carboxylic acids is 3. The minimum Gasteiger partial charge on any atom is -0.508 e. The first kappa shape index (κ1) is 25.0. The van der Waals surface area contributed by atoms with Gasteiger partial charge in [-0.3, -0.25) is 14.9 Å². The molecule has 1 amide bonds. The van der Waals surface area contributed by atoms with Crippen molar-refractivity contribution in [1.29, 1.82) is 0 Å². The molecule has 0 saturated heterocycles. The summed E-state index contributed by atoms with van der Waals surface area (Å²) in [5.41, 5.74) is 1.46. The van der Waals surface area contributed by atoms with Gasteiger partial charge in [0.15, 0.2) is 5.78 Å². The van der Waals surface area contributed by atoms with Gasteiger partial charge in [0.2, 0.25) is 0 Å². The third-order valence-electron chi connectivity index (χ3n) is 4.55. The number of carbonyl (C=O) groups is 3. The molecule has 166 valence electrons. The number of benzene rings is 2. The Morgan fingerprint density at radius 2 is 1.84 bits per heavy atom. The first-order chi connectivity index (χ1) is 14.7. The quantitative estimate of drug-likeness (QED) is 0.174. The molecule has 0 aliphatic heterocycles. The van der Waals surface area contributed by atoms with Crippen LogP contribution >= 0.6 is 35.2 Å². The van der Waals surface area contributed by atoms with E-state index >= 15 is 0 Å². The van der Waals surface area contributed by atoms with Gasteiger partial charge in [-0.25, -0.2) is 4.79 Å². The van der Waals surface area contributed by atoms with Crippen LogP contribution in [0.25, 0.3) is 0 Å². The van der Waals surface area contributed by atoms with Gasteiger partial charge in [-0.15, -0.1) is 0 Å². The van der Waals surface area contributed by atoms with Crippen LogP contribution in [0.3, 0.4) is 0 Å². The van der Waals surface area contributed by atoms with E-state index in [9.17, 15) is 19.5 Å². The molecule has 9 heteroatoms. The number of phenols is 1. The van der Waals surface area contributed by atoms with Gasteiger partial charge in [-0.05, 0) is 78.4 Å². The summed E-state index contributed by atoms with van der Waals surface area (Å²) in [6.45, 7) is 3.44. The largest absolute Gasteiger partial charge is 0.508 e. The van der Waals surface area contributed by atoms with Crippen molar-refractivity contribution in [2.45, 2.75) is 26.4 Å². The number of Topliss-reactive ketones (excluding diaryl/α,β-unsaturated/α-hetero) is 1. The lowest BCUT2D eigenvalue weighted by Gasteiger charge is -2.25. The number of hydrogen-bond donors (Lipinski definition) is 3. The zero-order valence-corrected chi connectivity index (χ0v) is 20.2. The molecule has 0 aromatic heterocycles. The Bertz CT molecular complexity index is 934. The standard InChI is InChI=1S/C22H24INO6S/c1-13(9-10-29-20(27)12-31)21(18-11-16(23)5-8-19(18)26)30-22(28)24-17-6-3-15(4-7-17)14(2)25/h3-8,11,13,21,26,31H,9-10,12H2,1-2H3,(H,24,28)/t13-,21+/m1/s1. The van der Waals surface area contributed by atoms with Crippen LogP contribution in [-0.2, 0) is 14.3 Å². The maximum absolute atomic E-state index is 12.6. The fourth-order valence-electron chi connectivity index (χ4n) is 2.85. The molecule has 0 aliphatic rings. The number of anilines is 1.